The highest BCUT2D eigenvalue weighted by Gasteiger charge is 2.51. The second kappa shape index (κ2) is 6.90. The highest BCUT2D eigenvalue weighted by molar-refractivity contribution is 5.80. The fraction of sp³-hybridized carbons (Fsp3) is 0.938. The van der Waals surface area contributed by atoms with Crippen LogP contribution in [0.1, 0.15) is 58.8 Å². The van der Waals surface area contributed by atoms with E-state index in [-0.39, 0.29) is 12.0 Å². The lowest BCUT2D eigenvalue weighted by molar-refractivity contribution is -0.150. The molecule has 1 unspecified atom stereocenters. The number of carboxylic acid groups (broad SMARTS) is 1. The summed E-state index contributed by atoms with van der Waals surface area (Å²) in [6, 6.07) is 0.157. The zero-order chi connectivity index (χ0) is 14.6. The number of carbonyl (C=O) groups is 1. The quantitative estimate of drug-likeness (QED) is 0.719. The molecule has 2 fully saturated rings. The van der Waals surface area contributed by atoms with Crippen LogP contribution in [0.3, 0.4) is 0 Å². The lowest BCUT2D eigenvalue weighted by Crippen LogP contribution is -2.59. The van der Waals surface area contributed by atoms with E-state index in [4.69, 9.17) is 4.74 Å². The molecule has 2 saturated carbocycles. The fourth-order valence-electron chi connectivity index (χ4n) is 3.41. The summed E-state index contributed by atoms with van der Waals surface area (Å²) >= 11 is 0. The number of ether oxygens (including phenoxy) is 1. The van der Waals surface area contributed by atoms with Gasteiger partial charge in [0, 0.05) is 12.6 Å². The van der Waals surface area contributed by atoms with Gasteiger partial charge in [-0.15, -0.1) is 0 Å². The van der Waals surface area contributed by atoms with Crippen LogP contribution in [-0.4, -0.2) is 35.9 Å². The lowest BCUT2D eigenvalue weighted by Gasteiger charge is -2.33. The van der Waals surface area contributed by atoms with Gasteiger partial charge in [-0.1, -0.05) is 19.3 Å². The Morgan fingerprint density at radius 3 is 2.40 bits per heavy atom. The summed E-state index contributed by atoms with van der Waals surface area (Å²) in [6.07, 6.45) is 8.41. The minimum absolute atomic E-state index is 0.157. The van der Waals surface area contributed by atoms with Crippen molar-refractivity contribution in [3.05, 3.63) is 0 Å². The van der Waals surface area contributed by atoms with Crippen LogP contribution in [0.4, 0.5) is 0 Å². The van der Waals surface area contributed by atoms with Gasteiger partial charge in [-0.3, -0.25) is 10.1 Å². The number of hydrogen-bond acceptors (Lipinski definition) is 3. The highest BCUT2D eigenvalue weighted by Crippen LogP contribution is 2.40. The van der Waals surface area contributed by atoms with E-state index in [0.29, 0.717) is 12.5 Å². The van der Waals surface area contributed by atoms with E-state index in [1.54, 1.807) is 0 Å². The molecule has 0 radical (unpaired) electrons. The van der Waals surface area contributed by atoms with Gasteiger partial charge in [-0.05, 0) is 51.4 Å². The molecule has 0 aliphatic heterocycles. The van der Waals surface area contributed by atoms with Crippen molar-refractivity contribution in [1.29, 1.82) is 0 Å². The second-order valence-corrected chi connectivity index (χ2v) is 6.87. The first-order chi connectivity index (χ1) is 9.54. The molecule has 0 saturated heterocycles. The molecule has 0 heterocycles. The van der Waals surface area contributed by atoms with Crippen LogP contribution < -0.4 is 5.32 Å². The number of hydrogen-bond donors (Lipinski definition) is 2. The first kappa shape index (κ1) is 15.8. The molecule has 20 heavy (non-hydrogen) atoms. The van der Waals surface area contributed by atoms with Crippen molar-refractivity contribution in [2.24, 2.45) is 11.8 Å². The normalized spacial score (nSPS) is 23.8. The average Bonchev–Trinajstić information content (AvgIpc) is 3.22. The number of carboxylic acids is 1. The number of nitrogens with one attached hydrogen (secondary N) is 1. The summed E-state index contributed by atoms with van der Waals surface area (Å²) in [6.45, 7) is 5.03. The third kappa shape index (κ3) is 3.95. The highest BCUT2D eigenvalue weighted by atomic mass is 16.5. The number of aliphatic carboxylic acids is 1. The Hall–Kier alpha value is -0.610. The molecule has 2 N–H and O–H groups in total. The molecule has 2 aliphatic rings. The van der Waals surface area contributed by atoms with Crippen molar-refractivity contribution in [3.63, 3.8) is 0 Å². The summed E-state index contributed by atoms with van der Waals surface area (Å²) in [7, 11) is 0. The van der Waals surface area contributed by atoms with Gasteiger partial charge in [0.1, 0.15) is 5.54 Å². The van der Waals surface area contributed by atoms with Crippen LogP contribution in [0.15, 0.2) is 0 Å². The Labute approximate surface area is 122 Å². The molecule has 0 spiro atoms. The SMILES string of the molecule is CC(C)NC(COCC1CCCCC1)(C(=O)O)C1CC1. The van der Waals surface area contributed by atoms with Gasteiger partial charge in [0.15, 0.2) is 0 Å². The van der Waals surface area contributed by atoms with Crippen LogP contribution in [0.5, 0.6) is 0 Å². The fourth-order valence-corrected chi connectivity index (χ4v) is 3.41. The van der Waals surface area contributed by atoms with E-state index in [2.05, 4.69) is 5.32 Å². The van der Waals surface area contributed by atoms with Crippen molar-refractivity contribution < 1.29 is 14.6 Å². The lowest BCUT2D eigenvalue weighted by atomic mass is 9.89. The van der Waals surface area contributed by atoms with E-state index in [0.717, 1.165) is 19.4 Å². The third-order valence-corrected chi connectivity index (χ3v) is 4.61. The summed E-state index contributed by atoms with van der Waals surface area (Å²) in [4.78, 5) is 11.8. The molecule has 2 rings (SSSR count). The predicted octanol–water partition coefficient (Wildman–Crippen LogP) is 2.81. The molecule has 0 aromatic carbocycles. The van der Waals surface area contributed by atoms with Crippen molar-refractivity contribution in [3.8, 4) is 0 Å². The standard InChI is InChI=1S/C16H29NO3/c1-12(2)17-16(15(18)19,14-8-9-14)11-20-10-13-6-4-3-5-7-13/h12-14,17H,3-11H2,1-2H3,(H,18,19). The molecule has 0 aromatic rings. The van der Waals surface area contributed by atoms with E-state index in [9.17, 15) is 9.90 Å². The molecule has 4 nitrogen and oxygen atoms in total. The average molecular weight is 283 g/mol. The maximum absolute atomic E-state index is 11.8. The van der Waals surface area contributed by atoms with Crippen LogP contribution in [0.25, 0.3) is 0 Å². The Kier molecular flexibility index (Phi) is 5.44. The summed E-state index contributed by atoms with van der Waals surface area (Å²) in [5.74, 6) is 0.111. The monoisotopic (exact) mass is 283 g/mol. The van der Waals surface area contributed by atoms with Gasteiger partial charge in [-0.25, -0.2) is 0 Å². The molecule has 0 amide bonds. The van der Waals surface area contributed by atoms with Crippen LogP contribution in [0.2, 0.25) is 0 Å². The van der Waals surface area contributed by atoms with Gasteiger partial charge < -0.3 is 9.84 Å². The minimum atomic E-state index is -0.872. The zero-order valence-corrected chi connectivity index (χ0v) is 12.9. The molecule has 116 valence electrons. The summed E-state index contributed by atoms with van der Waals surface area (Å²) in [5, 5.41) is 12.9. The molecular formula is C16H29NO3. The molecule has 0 aromatic heterocycles. The predicted molar refractivity (Wildman–Crippen MR) is 78.8 cm³/mol. The van der Waals surface area contributed by atoms with Crippen LogP contribution >= 0.6 is 0 Å². The van der Waals surface area contributed by atoms with Gasteiger partial charge in [0.25, 0.3) is 0 Å². The van der Waals surface area contributed by atoms with Gasteiger partial charge in [0.2, 0.25) is 0 Å². The molecule has 0 bridgehead atoms. The smallest absolute Gasteiger partial charge is 0.326 e. The minimum Gasteiger partial charge on any atom is -0.480 e. The first-order valence-corrected chi connectivity index (χ1v) is 8.13. The topological polar surface area (TPSA) is 58.6 Å². The van der Waals surface area contributed by atoms with E-state index >= 15 is 0 Å². The maximum Gasteiger partial charge on any atom is 0.326 e. The Morgan fingerprint density at radius 1 is 1.25 bits per heavy atom. The van der Waals surface area contributed by atoms with Crippen LogP contribution in [-0.2, 0) is 9.53 Å². The van der Waals surface area contributed by atoms with Crippen molar-refractivity contribution in [2.45, 2.75) is 70.4 Å². The van der Waals surface area contributed by atoms with E-state index in [1.165, 1.54) is 32.1 Å². The van der Waals surface area contributed by atoms with E-state index < -0.39 is 11.5 Å². The van der Waals surface area contributed by atoms with E-state index in [1.807, 2.05) is 13.8 Å². The van der Waals surface area contributed by atoms with Crippen LogP contribution in [0, 0.1) is 11.8 Å². The Morgan fingerprint density at radius 2 is 1.90 bits per heavy atom. The zero-order valence-electron chi connectivity index (χ0n) is 12.9. The molecular weight excluding hydrogens is 254 g/mol. The molecule has 4 heteroatoms. The second-order valence-electron chi connectivity index (χ2n) is 6.87. The summed E-state index contributed by atoms with van der Waals surface area (Å²) in [5.41, 5.74) is -0.872. The van der Waals surface area contributed by atoms with Gasteiger partial charge in [0.05, 0.1) is 6.61 Å². The third-order valence-electron chi connectivity index (χ3n) is 4.61. The summed E-state index contributed by atoms with van der Waals surface area (Å²) < 4.78 is 5.86. The van der Waals surface area contributed by atoms with Gasteiger partial charge >= 0.3 is 5.97 Å². The van der Waals surface area contributed by atoms with Crippen molar-refractivity contribution >= 4 is 5.97 Å². The van der Waals surface area contributed by atoms with Crippen molar-refractivity contribution in [2.75, 3.05) is 13.2 Å². The largest absolute Gasteiger partial charge is 0.480 e. The Bertz CT molecular complexity index is 322. The molecule has 2 aliphatic carbocycles. The Balaban J connectivity index is 1.88. The van der Waals surface area contributed by atoms with Gasteiger partial charge in [-0.2, -0.15) is 0 Å². The molecule has 1 atom stereocenters. The first-order valence-electron chi connectivity index (χ1n) is 8.13. The maximum atomic E-state index is 11.8. The van der Waals surface area contributed by atoms with Crippen molar-refractivity contribution in [1.82, 2.24) is 5.32 Å². The number of rotatable bonds is 8.